The first-order valence-corrected chi connectivity index (χ1v) is 15.9. The summed E-state index contributed by atoms with van der Waals surface area (Å²) >= 11 is 0. The molecule has 1 atom stereocenters. The van der Waals surface area contributed by atoms with E-state index >= 15 is 0 Å². The number of sulfonamides is 1. The van der Waals surface area contributed by atoms with Gasteiger partial charge in [0, 0.05) is 50.2 Å². The van der Waals surface area contributed by atoms with Gasteiger partial charge in [-0.25, -0.2) is 8.42 Å². The number of nitrogens with one attached hydrogen (secondary N) is 1. The third-order valence-electron chi connectivity index (χ3n) is 7.54. The number of carbonyl (C=O) groups excluding carboxylic acids is 1. The minimum atomic E-state index is -3.72. The van der Waals surface area contributed by atoms with Crippen LogP contribution in [0, 0.1) is 0 Å². The fraction of sp³-hybridized carbons (Fsp3) is 0.375. The van der Waals surface area contributed by atoms with Crippen LogP contribution in [0.5, 0.6) is 5.75 Å². The average molecular weight is 575 g/mol. The average Bonchev–Trinajstić information content (AvgIpc) is 3.22. The first-order chi connectivity index (χ1) is 19.9. The number of benzene rings is 2. The number of nitrogens with zero attached hydrogens (tertiary/aromatic N) is 3. The van der Waals surface area contributed by atoms with Crippen LogP contribution in [0.1, 0.15) is 65.0 Å². The number of hydrogen-bond acceptors (Lipinski definition) is 6. The minimum absolute atomic E-state index is 0.0388. The molecule has 2 aliphatic rings. The number of aromatic nitrogens is 1. The summed E-state index contributed by atoms with van der Waals surface area (Å²) in [5, 5.41) is -0.763. The van der Waals surface area contributed by atoms with Crippen molar-refractivity contribution in [2.75, 3.05) is 37.5 Å². The minimum Gasteiger partial charge on any atom is -0.494 e. The normalized spacial score (nSPS) is 17.5. The number of carbonyl (C=O) groups is 1. The lowest BCUT2D eigenvalue weighted by Crippen LogP contribution is -2.35. The Labute approximate surface area is 243 Å². The van der Waals surface area contributed by atoms with Crippen LogP contribution < -0.4 is 9.46 Å². The summed E-state index contributed by atoms with van der Waals surface area (Å²) in [6.07, 6.45) is 8.78. The number of rotatable bonds is 10. The zero-order valence-electron chi connectivity index (χ0n) is 23.5. The molecule has 1 saturated heterocycles. The molecule has 41 heavy (non-hydrogen) atoms. The maximum atomic E-state index is 13.3. The van der Waals surface area contributed by atoms with Gasteiger partial charge in [-0.2, -0.15) is 0 Å². The Morgan fingerprint density at radius 2 is 1.90 bits per heavy atom. The van der Waals surface area contributed by atoms with E-state index in [0.717, 1.165) is 56.8 Å². The Balaban J connectivity index is 1.16. The number of anilines is 1. The molecule has 2 heterocycles. The molecule has 0 radical (unpaired) electrons. The second-order valence-electron chi connectivity index (χ2n) is 10.6. The summed E-state index contributed by atoms with van der Waals surface area (Å²) < 4.78 is 34.9. The fourth-order valence-corrected chi connectivity index (χ4v) is 6.76. The highest BCUT2D eigenvalue weighted by atomic mass is 32.2. The number of amides is 1. The molecule has 0 spiro atoms. The Kier molecular flexibility index (Phi) is 9.36. The van der Waals surface area contributed by atoms with Crippen molar-refractivity contribution in [1.29, 1.82) is 0 Å². The number of ether oxygens (including phenoxy) is 1. The van der Waals surface area contributed by atoms with Crippen molar-refractivity contribution in [3.63, 3.8) is 0 Å². The van der Waals surface area contributed by atoms with Gasteiger partial charge in [0.05, 0.1) is 12.3 Å². The summed E-state index contributed by atoms with van der Waals surface area (Å²) in [6.45, 7) is 6.74. The highest BCUT2D eigenvalue weighted by molar-refractivity contribution is 7.93. The molecule has 2 aromatic carbocycles. The van der Waals surface area contributed by atoms with Gasteiger partial charge in [-0.05, 0) is 72.9 Å². The SMILES string of the molecule is CCCCOc1cccc(CN2CCCN(C(=O)c3ccc(NS(=O)(=O)C4CC=Cc5cccnc54)cc3)CC2)c1. The van der Waals surface area contributed by atoms with Gasteiger partial charge >= 0.3 is 0 Å². The lowest BCUT2D eigenvalue weighted by atomic mass is 10.0. The highest BCUT2D eigenvalue weighted by Gasteiger charge is 2.31. The van der Waals surface area contributed by atoms with Gasteiger partial charge < -0.3 is 9.64 Å². The van der Waals surface area contributed by atoms with Crippen LogP contribution in [0.2, 0.25) is 0 Å². The summed E-state index contributed by atoms with van der Waals surface area (Å²) in [4.78, 5) is 21.9. The molecule has 8 nitrogen and oxygen atoms in total. The van der Waals surface area contributed by atoms with Gasteiger partial charge in [0.1, 0.15) is 11.0 Å². The van der Waals surface area contributed by atoms with Gasteiger partial charge in [0.15, 0.2) is 0 Å². The summed E-state index contributed by atoms with van der Waals surface area (Å²) in [5.41, 5.74) is 3.55. The molecule has 0 saturated carbocycles. The topological polar surface area (TPSA) is 91.8 Å². The molecule has 1 aliphatic carbocycles. The van der Waals surface area contributed by atoms with E-state index < -0.39 is 15.3 Å². The highest BCUT2D eigenvalue weighted by Crippen LogP contribution is 2.33. The molecular formula is C32H38N4O4S. The molecule has 1 amide bonds. The first-order valence-electron chi connectivity index (χ1n) is 14.4. The monoisotopic (exact) mass is 574 g/mol. The van der Waals surface area contributed by atoms with Crippen molar-refractivity contribution >= 4 is 27.7 Å². The number of pyridine rings is 1. The van der Waals surface area contributed by atoms with E-state index in [0.29, 0.717) is 36.5 Å². The maximum absolute atomic E-state index is 13.3. The third-order valence-corrected chi connectivity index (χ3v) is 9.22. The van der Waals surface area contributed by atoms with Crippen LogP contribution in [0.3, 0.4) is 0 Å². The smallest absolute Gasteiger partial charge is 0.253 e. The second kappa shape index (κ2) is 13.3. The predicted molar refractivity (Wildman–Crippen MR) is 162 cm³/mol. The molecule has 216 valence electrons. The van der Waals surface area contributed by atoms with Crippen molar-refractivity contribution in [2.45, 2.75) is 44.4 Å². The predicted octanol–water partition coefficient (Wildman–Crippen LogP) is 5.51. The van der Waals surface area contributed by atoms with Crippen LogP contribution in [-0.4, -0.2) is 61.9 Å². The van der Waals surface area contributed by atoms with Crippen molar-refractivity contribution in [2.24, 2.45) is 0 Å². The lowest BCUT2D eigenvalue weighted by molar-refractivity contribution is 0.0761. The molecule has 1 aliphatic heterocycles. The molecular weight excluding hydrogens is 536 g/mol. The number of unbranched alkanes of at least 4 members (excludes halogenated alkanes) is 1. The van der Waals surface area contributed by atoms with Crippen LogP contribution in [0.4, 0.5) is 5.69 Å². The molecule has 1 N–H and O–H groups in total. The molecule has 0 bridgehead atoms. The Morgan fingerprint density at radius 1 is 1.05 bits per heavy atom. The van der Waals surface area contributed by atoms with Gasteiger partial charge in [0.2, 0.25) is 10.0 Å². The molecule has 9 heteroatoms. The van der Waals surface area contributed by atoms with E-state index in [4.69, 9.17) is 4.74 Å². The van der Waals surface area contributed by atoms with Crippen LogP contribution >= 0.6 is 0 Å². The molecule has 1 unspecified atom stereocenters. The van der Waals surface area contributed by atoms with Crippen LogP contribution in [0.25, 0.3) is 6.08 Å². The number of fused-ring (bicyclic) bond motifs is 1. The fourth-order valence-electron chi connectivity index (χ4n) is 5.30. The zero-order chi connectivity index (χ0) is 28.7. The molecule has 3 aromatic rings. The van der Waals surface area contributed by atoms with E-state index in [2.05, 4.69) is 33.7 Å². The molecule has 5 rings (SSSR count). The van der Waals surface area contributed by atoms with E-state index in [9.17, 15) is 13.2 Å². The van der Waals surface area contributed by atoms with E-state index in [-0.39, 0.29) is 5.91 Å². The van der Waals surface area contributed by atoms with E-state index in [1.807, 2.05) is 35.3 Å². The number of hydrogen-bond donors (Lipinski definition) is 1. The Morgan fingerprint density at radius 3 is 2.73 bits per heavy atom. The van der Waals surface area contributed by atoms with Crippen LogP contribution in [0.15, 0.2) is 72.9 Å². The Bertz CT molecular complexity index is 1470. The summed E-state index contributed by atoms with van der Waals surface area (Å²) in [7, 11) is -3.72. The zero-order valence-corrected chi connectivity index (χ0v) is 24.4. The van der Waals surface area contributed by atoms with Gasteiger partial charge in [0.25, 0.3) is 5.91 Å². The van der Waals surface area contributed by atoms with Crippen molar-refractivity contribution in [3.05, 3.63) is 95.3 Å². The van der Waals surface area contributed by atoms with Gasteiger partial charge in [-0.1, -0.05) is 43.7 Å². The summed E-state index contributed by atoms with van der Waals surface area (Å²) in [6, 6.07) is 18.6. The third kappa shape index (κ3) is 7.34. The molecule has 1 fully saturated rings. The van der Waals surface area contributed by atoms with Crippen molar-refractivity contribution < 1.29 is 17.9 Å². The quantitative estimate of drug-likeness (QED) is 0.321. The van der Waals surface area contributed by atoms with Crippen LogP contribution in [-0.2, 0) is 16.6 Å². The van der Waals surface area contributed by atoms with Gasteiger partial charge in [-0.3, -0.25) is 19.4 Å². The standard InChI is InChI=1S/C32H38N4O4S/c1-2-3-22-40-29-11-4-8-25(23-29)24-35-18-7-19-36(21-20-35)32(37)27-13-15-28(16-14-27)34-41(38,39)30-12-5-9-26-10-6-17-33-31(26)30/h4-6,8-11,13-17,23,30,34H,2-3,7,12,18-22,24H2,1H3. The summed E-state index contributed by atoms with van der Waals surface area (Å²) in [5.74, 6) is 0.869. The van der Waals surface area contributed by atoms with Crippen molar-refractivity contribution in [3.8, 4) is 5.75 Å². The van der Waals surface area contributed by atoms with Crippen molar-refractivity contribution in [1.82, 2.24) is 14.8 Å². The lowest BCUT2D eigenvalue weighted by Gasteiger charge is -2.23. The number of allylic oxidation sites excluding steroid dienone is 1. The maximum Gasteiger partial charge on any atom is 0.253 e. The van der Waals surface area contributed by atoms with E-state index in [1.54, 1.807) is 36.5 Å². The van der Waals surface area contributed by atoms with E-state index in [1.165, 1.54) is 5.56 Å². The Hall–Kier alpha value is -3.69. The molecule has 1 aromatic heterocycles. The first kappa shape index (κ1) is 28.8. The van der Waals surface area contributed by atoms with Gasteiger partial charge in [-0.15, -0.1) is 0 Å². The largest absolute Gasteiger partial charge is 0.494 e. The second-order valence-corrected chi connectivity index (χ2v) is 12.5.